The van der Waals surface area contributed by atoms with Crippen LogP contribution in [0.25, 0.3) is 0 Å². The highest BCUT2D eigenvalue weighted by atomic mass is 35.5. The van der Waals surface area contributed by atoms with Gasteiger partial charge in [0.05, 0.1) is 4.92 Å². The minimum Gasteiger partial charge on any atom is -0.480 e. The number of nitrogens with one attached hydrogen (secondary N) is 1. The molecule has 0 aliphatic carbocycles. The summed E-state index contributed by atoms with van der Waals surface area (Å²) >= 11 is 5.68. The molecule has 1 atom stereocenters. The summed E-state index contributed by atoms with van der Waals surface area (Å²) in [5, 5.41) is 20.0. The summed E-state index contributed by atoms with van der Waals surface area (Å²) in [6.07, 6.45) is 0.0446. The Balaban J connectivity index is 3.26. The maximum atomic E-state index is 12.3. The van der Waals surface area contributed by atoms with Gasteiger partial charge < -0.3 is 5.11 Å². The lowest BCUT2D eigenvalue weighted by Gasteiger charge is -2.16. The molecule has 1 aromatic carbocycles. The molecule has 0 aromatic heterocycles. The van der Waals surface area contributed by atoms with Crippen molar-refractivity contribution in [3.05, 3.63) is 33.3 Å². The van der Waals surface area contributed by atoms with Gasteiger partial charge in [-0.2, -0.15) is 4.72 Å². The second-order valence-electron chi connectivity index (χ2n) is 5.01. The number of hydrogen-bond donors (Lipinski definition) is 2. The smallest absolute Gasteiger partial charge is 0.321 e. The van der Waals surface area contributed by atoms with Crippen LogP contribution in [-0.4, -0.2) is 30.5 Å². The highest BCUT2D eigenvalue weighted by molar-refractivity contribution is 7.89. The fourth-order valence-electron chi connectivity index (χ4n) is 1.78. The zero-order chi connectivity index (χ0) is 17.1. The number of carboxylic acids is 1. The first-order valence-corrected chi connectivity index (χ1v) is 8.09. The van der Waals surface area contributed by atoms with Crippen molar-refractivity contribution < 1.29 is 23.2 Å². The van der Waals surface area contributed by atoms with E-state index in [9.17, 15) is 23.3 Å². The van der Waals surface area contributed by atoms with Gasteiger partial charge in [0.2, 0.25) is 10.0 Å². The van der Waals surface area contributed by atoms with Gasteiger partial charge in [-0.15, -0.1) is 0 Å². The van der Waals surface area contributed by atoms with E-state index < -0.39 is 37.5 Å². The van der Waals surface area contributed by atoms with Crippen molar-refractivity contribution >= 4 is 33.3 Å². The number of rotatable bonds is 7. The van der Waals surface area contributed by atoms with Crippen molar-refractivity contribution in [2.24, 2.45) is 5.92 Å². The van der Waals surface area contributed by atoms with Crippen molar-refractivity contribution in [2.45, 2.75) is 31.2 Å². The second kappa shape index (κ2) is 7.03. The lowest BCUT2D eigenvalue weighted by Crippen LogP contribution is -2.41. The number of benzene rings is 1. The van der Waals surface area contributed by atoms with Crippen LogP contribution in [0.15, 0.2) is 23.1 Å². The minimum atomic E-state index is -4.41. The Hall–Kier alpha value is -1.71. The zero-order valence-electron chi connectivity index (χ0n) is 11.8. The van der Waals surface area contributed by atoms with E-state index in [1.54, 1.807) is 13.8 Å². The Morgan fingerprint density at radius 3 is 2.50 bits per heavy atom. The van der Waals surface area contributed by atoms with Crippen LogP contribution in [0.2, 0.25) is 5.02 Å². The van der Waals surface area contributed by atoms with Gasteiger partial charge in [0.25, 0.3) is 5.69 Å². The van der Waals surface area contributed by atoms with Crippen molar-refractivity contribution in [1.82, 2.24) is 4.72 Å². The van der Waals surface area contributed by atoms with Gasteiger partial charge in [-0.3, -0.25) is 14.9 Å². The van der Waals surface area contributed by atoms with Crippen LogP contribution in [-0.2, 0) is 14.8 Å². The third-order valence-electron chi connectivity index (χ3n) is 2.71. The summed E-state index contributed by atoms with van der Waals surface area (Å²) in [6, 6.07) is 1.66. The van der Waals surface area contributed by atoms with Crippen molar-refractivity contribution in [1.29, 1.82) is 0 Å². The number of halogens is 1. The standard InChI is InChI=1S/C12H15ClN2O6S/c1-7(2)5-9(12(16)17)14-22(20,21)11-6-8(13)3-4-10(11)15(18)19/h3-4,6-7,9,14H,5H2,1-2H3,(H,16,17). The van der Waals surface area contributed by atoms with Crippen LogP contribution >= 0.6 is 11.6 Å². The van der Waals surface area contributed by atoms with Crippen molar-refractivity contribution in [3.63, 3.8) is 0 Å². The molecule has 1 rings (SSSR count). The molecule has 122 valence electrons. The highest BCUT2D eigenvalue weighted by Gasteiger charge is 2.31. The van der Waals surface area contributed by atoms with Crippen LogP contribution in [0.1, 0.15) is 20.3 Å². The molecule has 0 radical (unpaired) electrons. The Kier molecular flexibility index (Phi) is 5.86. The van der Waals surface area contributed by atoms with E-state index >= 15 is 0 Å². The van der Waals surface area contributed by atoms with Crippen LogP contribution < -0.4 is 4.72 Å². The van der Waals surface area contributed by atoms with Gasteiger partial charge in [-0.05, 0) is 24.5 Å². The number of carbonyl (C=O) groups is 1. The minimum absolute atomic E-state index is 0.0123. The summed E-state index contributed by atoms with van der Waals surface area (Å²) in [5.41, 5.74) is -0.675. The van der Waals surface area contributed by atoms with Gasteiger partial charge in [0.15, 0.2) is 4.90 Å². The van der Waals surface area contributed by atoms with Crippen LogP contribution in [0.3, 0.4) is 0 Å². The summed E-state index contributed by atoms with van der Waals surface area (Å²) in [4.78, 5) is 20.5. The van der Waals surface area contributed by atoms with E-state index in [4.69, 9.17) is 16.7 Å². The third kappa shape index (κ3) is 4.65. The first-order chi connectivity index (χ1) is 10.0. The van der Waals surface area contributed by atoms with E-state index in [-0.39, 0.29) is 17.4 Å². The quantitative estimate of drug-likeness (QED) is 0.572. The molecule has 10 heteroatoms. The maximum absolute atomic E-state index is 12.3. The van der Waals surface area contributed by atoms with E-state index in [2.05, 4.69) is 0 Å². The van der Waals surface area contributed by atoms with Gasteiger partial charge >= 0.3 is 5.97 Å². The number of aliphatic carboxylic acids is 1. The molecule has 8 nitrogen and oxygen atoms in total. The Labute approximate surface area is 132 Å². The SMILES string of the molecule is CC(C)CC(NS(=O)(=O)c1cc(Cl)ccc1[N+](=O)[O-])C(=O)O. The van der Waals surface area contributed by atoms with Crippen LogP contribution in [0, 0.1) is 16.0 Å². The fourth-order valence-corrected chi connectivity index (χ4v) is 3.41. The molecule has 0 aliphatic heterocycles. The van der Waals surface area contributed by atoms with Crippen molar-refractivity contribution in [2.75, 3.05) is 0 Å². The van der Waals surface area contributed by atoms with E-state index in [0.717, 1.165) is 12.1 Å². The topological polar surface area (TPSA) is 127 Å². The maximum Gasteiger partial charge on any atom is 0.321 e. The molecule has 0 amide bonds. The molecule has 0 heterocycles. The molecule has 0 spiro atoms. The highest BCUT2D eigenvalue weighted by Crippen LogP contribution is 2.27. The number of hydrogen-bond acceptors (Lipinski definition) is 5. The number of carboxylic acid groups (broad SMARTS) is 1. The predicted octanol–water partition coefficient (Wildman–Crippen LogP) is 2.03. The van der Waals surface area contributed by atoms with Gasteiger partial charge in [0, 0.05) is 11.1 Å². The molecule has 1 unspecified atom stereocenters. The first kappa shape index (κ1) is 18.3. The fraction of sp³-hybridized carbons (Fsp3) is 0.417. The molecule has 2 N–H and O–H groups in total. The molecule has 0 saturated heterocycles. The third-order valence-corrected chi connectivity index (χ3v) is 4.45. The molecular weight excluding hydrogens is 336 g/mol. The lowest BCUT2D eigenvalue weighted by molar-refractivity contribution is -0.387. The monoisotopic (exact) mass is 350 g/mol. The van der Waals surface area contributed by atoms with Gasteiger partial charge in [-0.1, -0.05) is 25.4 Å². The molecule has 0 fully saturated rings. The molecule has 0 aliphatic rings. The lowest BCUT2D eigenvalue weighted by atomic mass is 10.1. The van der Waals surface area contributed by atoms with E-state index in [0.29, 0.717) is 0 Å². The average molecular weight is 351 g/mol. The van der Waals surface area contributed by atoms with Gasteiger partial charge in [-0.25, -0.2) is 8.42 Å². The largest absolute Gasteiger partial charge is 0.480 e. The van der Waals surface area contributed by atoms with Gasteiger partial charge in [0.1, 0.15) is 6.04 Å². The molecule has 22 heavy (non-hydrogen) atoms. The summed E-state index contributed by atoms with van der Waals surface area (Å²) in [5.74, 6) is -1.44. The average Bonchev–Trinajstić information content (AvgIpc) is 2.36. The number of nitro groups is 1. The first-order valence-electron chi connectivity index (χ1n) is 6.23. The molecular formula is C12H15ClN2O6S. The second-order valence-corrected chi connectivity index (χ2v) is 7.13. The summed E-state index contributed by atoms with van der Waals surface area (Å²) in [6.45, 7) is 3.46. The number of nitrogens with zero attached hydrogens (tertiary/aromatic N) is 1. The zero-order valence-corrected chi connectivity index (χ0v) is 13.4. The number of sulfonamides is 1. The van der Waals surface area contributed by atoms with Crippen LogP contribution in [0.4, 0.5) is 5.69 Å². The van der Waals surface area contributed by atoms with E-state index in [1.807, 2.05) is 4.72 Å². The normalized spacial score (nSPS) is 13.1. The van der Waals surface area contributed by atoms with Crippen LogP contribution in [0.5, 0.6) is 0 Å². The van der Waals surface area contributed by atoms with Crippen molar-refractivity contribution in [3.8, 4) is 0 Å². The molecule has 1 aromatic rings. The summed E-state index contributed by atoms with van der Waals surface area (Å²) in [7, 11) is -4.41. The number of nitro benzene ring substituents is 1. The molecule has 0 bridgehead atoms. The Bertz CT molecular complexity index is 689. The Morgan fingerprint density at radius 1 is 1.45 bits per heavy atom. The van der Waals surface area contributed by atoms with E-state index in [1.165, 1.54) is 6.07 Å². The predicted molar refractivity (Wildman–Crippen MR) is 79.3 cm³/mol. The Morgan fingerprint density at radius 2 is 2.05 bits per heavy atom. The molecule has 0 saturated carbocycles. The summed E-state index contributed by atoms with van der Waals surface area (Å²) < 4.78 is 26.5.